The Labute approximate surface area is 150 Å². The van der Waals surface area contributed by atoms with Gasteiger partial charge in [0, 0.05) is 43.3 Å². The van der Waals surface area contributed by atoms with E-state index in [4.69, 9.17) is 0 Å². The molecule has 1 saturated carbocycles. The van der Waals surface area contributed by atoms with E-state index in [1.165, 1.54) is 12.3 Å². The van der Waals surface area contributed by atoms with E-state index in [2.05, 4.69) is 18.9 Å². The van der Waals surface area contributed by atoms with Crippen LogP contribution < -0.4 is 10.3 Å². The highest BCUT2D eigenvalue weighted by atomic mass is 19.1. The van der Waals surface area contributed by atoms with E-state index in [1.807, 2.05) is 9.47 Å². The lowest BCUT2D eigenvalue weighted by atomic mass is 10.1. The van der Waals surface area contributed by atoms with Gasteiger partial charge in [0.15, 0.2) is 0 Å². The zero-order chi connectivity index (χ0) is 18.6. The fourth-order valence-electron chi connectivity index (χ4n) is 3.68. The van der Waals surface area contributed by atoms with Gasteiger partial charge in [0.05, 0.1) is 11.2 Å². The Kier molecular flexibility index (Phi) is 3.99. The first kappa shape index (κ1) is 17.0. The predicted molar refractivity (Wildman–Crippen MR) is 97.7 cm³/mol. The maximum atomic E-state index is 14.8. The van der Waals surface area contributed by atoms with E-state index in [-0.39, 0.29) is 17.0 Å². The van der Waals surface area contributed by atoms with Crippen molar-refractivity contribution in [2.24, 2.45) is 0 Å². The number of anilines is 1. The van der Waals surface area contributed by atoms with Gasteiger partial charge in [0.1, 0.15) is 11.4 Å². The van der Waals surface area contributed by atoms with Gasteiger partial charge in [-0.3, -0.25) is 4.79 Å². The Balaban J connectivity index is 1.88. The number of piperazine rings is 1. The summed E-state index contributed by atoms with van der Waals surface area (Å²) in [4.78, 5) is 28.2. The fraction of sp³-hybridized carbons (Fsp3) is 0.474. The number of halogens is 1. The second-order valence-electron chi connectivity index (χ2n) is 7.41. The number of rotatable bonds is 3. The second-order valence-corrected chi connectivity index (χ2v) is 7.41. The largest absolute Gasteiger partial charge is 0.477 e. The number of fused-ring (bicyclic) bond motifs is 1. The van der Waals surface area contributed by atoms with Crippen LogP contribution in [0.2, 0.25) is 0 Å². The summed E-state index contributed by atoms with van der Waals surface area (Å²) in [6.07, 6.45) is 3.30. The Morgan fingerprint density at radius 3 is 2.62 bits per heavy atom. The van der Waals surface area contributed by atoms with Crippen LogP contribution in [0.1, 0.15) is 36.2 Å². The summed E-state index contributed by atoms with van der Waals surface area (Å²) in [7, 11) is 2.05. The van der Waals surface area contributed by atoms with Gasteiger partial charge in [-0.1, -0.05) is 0 Å². The van der Waals surface area contributed by atoms with Crippen molar-refractivity contribution in [1.82, 2.24) is 9.47 Å². The molecule has 1 aliphatic heterocycles. The topological polar surface area (TPSA) is 65.8 Å². The summed E-state index contributed by atoms with van der Waals surface area (Å²) in [5.41, 5.74) is 0.172. The van der Waals surface area contributed by atoms with Crippen molar-refractivity contribution in [3.05, 3.63) is 39.9 Å². The fourth-order valence-corrected chi connectivity index (χ4v) is 3.68. The highest BCUT2D eigenvalue weighted by Gasteiger charge is 2.29. The number of aromatic nitrogens is 1. The number of hydrogen-bond acceptors (Lipinski definition) is 4. The molecule has 2 heterocycles. The zero-order valence-electron chi connectivity index (χ0n) is 14.9. The van der Waals surface area contributed by atoms with E-state index >= 15 is 0 Å². The minimum atomic E-state index is -1.27. The molecule has 1 N–H and O–H groups in total. The lowest BCUT2D eigenvalue weighted by Gasteiger charge is -2.39. The Hall–Kier alpha value is -2.41. The van der Waals surface area contributed by atoms with Crippen LogP contribution in [0.4, 0.5) is 10.1 Å². The summed E-state index contributed by atoms with van der Waals surface area (Å²) >= 11 is 0. The SMILES string of the molecule is CC1CN(c2cc3c(cc2F)c(=O)c(C(=O)O)cn3C2CC2)CCN1C. The first-order valence-corrected chi connectivity index (χ1v) is 8.93. The maximum absolute atomic E-state index is 14.8. The Morgan fingerprint density at radius 2 is 2.00 bits per heavy atom. The molecule has 6 nitrogen and oxygen atoms in total. The van der Waals surface area contributed by atoms with Crippen LogP contribution in [0.5, 0.6) is 0 Å². The van der Waals surface area contributed by atoms with Crippen molar-refractivity contribution in [1.29, 1.82) is 0 Å². The van der Waals surface area contributed by atoms with Gasteiger partial charge in [-0.25, -0.2) is 9.18 Å². The Bertz CT molecular complexity index is 951. The highest BCUT2D eigenvalue weighted by Crippen LogP contribution is 2.38. The summed E-state index contributed by atoms with van der Waals surface area (Å²) in [6, 6.07) is 3.41. The molecule has 1 aromatic carbocycles. The van der Waals surface area contributed by atoms with Crippen molar-refractivity contribution in [2.75, 3.05) is 31.6 Å². The van der Waals surface area contributed by atoms with Gasteiger partial charge in [-0.05, 0) is 38.9 Å². The summed E-state index contributed by atoms with van der Waals surface area (Å²) in [5, 5.41) is 9.45. The molecule has 2 fully saturated rings. The van der Waals surface area contributed by atoms with Crippen LogP contribution in [-0.4, -0.2) is 53.3 Å². The van der Waals surface area contributed by atoms with Crippen LogP contribution in [0.15, 0.2) is 23.1 Å². The van der Waals surface area contributed by atoms with Gasteiger partial charge in [0.2, 0.25) is 5.43 Å². The van der Waals surface area contributed by atoms with Crippen LogP contribution in [0, 0.1) is 5.82 Å². The second kappa shape index (κ2) is 6.09. The molecular formula is C19H22FN3O3. The van der Waals surface area contributed by atoms with Crippen LogP contribution >= 0.6 is 0 Å². The zero-order valence-corrected chi connectivity index (χ0v) is 14.9. The number of likely N-dealkylation sites (N-methyl/N-ethyl adjacent to an activating group) is 1. The van der Waals surface area contributed by atoms with Crippen molar-refractivity contribution < 1.29 is 14.3 Å². The quantitative estimate of drug-likeness (QED) is 0.911. The summed E-state index contributed by atoms with van der Waals surface area (Å²) < 4.78 is 16.7. The molecule has 2 aromatic rings. The number of benzene rings is 1. The van der Waals surface area contributed by atoms with Gasteiger partial charge in [-0.2, -0.15) is 0 Å². The number of nitrogens with zero attached hydrogens (tertiary/aromatic N) is 3. The number of pyridine rings is 1. The van der Waals surface area contributed by atoms with E-state index in [0.717, 1.165) is 19.4 Å². The maximum Gasteiger partial charge on any atom is 0.341 e. The van der Waals surface area contributed by atoms with Gasteiger partial charge >= 0.3 is 5.97 Å². The molecule has 0 spiro atoms. The first-order valence-electron chi connectivity index (χ1n) is 8.93. The van der Waals surface area contributed by atoms with Gasteiger partial charge in [-0.15, -0.1) is 0 Å². The minimum absolute atomic E-state index is 0.139. The van der Waals surface area contributed by atoms with Gasteiger partial charge in [0.25, 0.3) is 0 Å². The third-order valence-corrected chi connectivity index (χ3v) is 5.57. The monoisotopic (exact) mass is 359 g/mol. The molecule has 26 heavy (non-hydrogen) atoms. The van der Waals surface area contributed by atoms with E-state index in [0.29, 0.717) is 30.3 Å². The molecule has 2 aliphatic rings. The number of carboxylic acid groups (broad SMARTS) is 1. The number of carboxylic acids is 1. The molecule has 1 atom stereocenters. The van der Waals surface area contributed by atoms with Crippen molar-refractivity contribution in [3.63, 3.8) is 0 Å². The van der Waals surface area contributed by atoms with Crippen LogP contribution in [-0.2, 0) is 0 Å². The first-order chi connectivity index (χ1) is 12.4. The van der Waals surface area contributed by atoms with Crippen LogP contribution in [0.3, 0.4) is 0 Å². The van der Waals surface area contributed by atoms with Crippen molar-refractivity contribution in [3.8, 4) is 0 Å². The molecule has 0 bridgehead atoms. The molecule has 1 aliphatic carbocycles. The number of hydrogen-bond donors (Lipinski definition) is 1. The standard InChI is InChI=1S/C19H22FN3O3/c1-11-9-22(6-5-21(11)2)17-8-16-13(7-15(17)20)18(24)14(19(25)26)10-23(16)12-3-4-12/h7-8,10-12H,3-6,9H2,1-2H3,(H,25,26). The molecule has 1 saturated heterocycles. The minimum Gasteiger partial charge on any atom is -0.477 e. The van der Waals surface area contributed by atoms with E-state index < -0.39 is 17.2 Å². The average Bonchev–Trinajstić information content (AvgIpc) is 3.42. The van der Waals surface area contributed by atoms with Crippen molar-refractivity contribution >= 4 is 22.6 Å². The lowest BCUT2D eigenvalue weighted by Crippen LogP contribution is -2.50. The summed E-state index contributed by atoms with van der Waals surface area (Å²) in [5.74, 6) is -1.75. The normalized spacial score (nSPS) is 21.3. The molecular weight excluding hydrogens is 337 g/mol. The van der Waals surface area contributed by atoms with Crippen LogP contribution in [0.25, 0.3) is 10.9 Å². The predicted octanol–water partition coefficient (Wildman–Crippen LogP) is 2.31. The molecule has 0 amide bonds. The van der Waals surface area contributed by atoms with E-state index in [1.54, 1.807) is 6.07 Å². The molecule has 7 heteroatoms. The molecule has 1 unspecified atom stereocenters. The smallest absolute Gasteiger partial charge is 0.341 e. The van der Waals surface area contributed by atoms with Gasteiger partial charge < -0.3 is 19.5 Å². The molecule has 1 aromatic heterocycles. The number of aromatic carboxylic acids is 1. The van der Waals surface area contributed by atoms with Crippen molar-refractivity contribution in [2.45, 2.75) is 31.8 Å². The highest BCUT2D eigenvalue weighted by molar-refractivity contribution is 5.93. The Morgan fingerprint density at radius 1 is 1.27 bits per heavy atom. The molecule has 138 valence electrons. The van der Waals surface area contributed by atoms with E-state index in [9.17, 15) is 19.1 Å². The average molecular weight is 359 g/mol. The third-order valence-electron chi connectivity index (χ3n) is 5.57. The molecule has 0 radical (unpaired) electrons. The number of carbonyl (C=O) groups is 1. The lowest BCUT2D eigenvalue weighted by molar-refractivity contribution is 0.0695. The molecule has 4 rings (SSSR count). The third kappa shape index (κ3) is 2.76. The summed E-state index contributed by atoms with van der Waals surface area (Å²) in [6.45, 7) is 4.36.